The Labute approximate surface area is 201 Å². The van der Waals surface area contributed by atoms with Gasteiger partial charge in [0.25, 0.3) is 0 Å². The van der Waals surface area contributed by atoms with Crippen LogP contribution in [0.4, 0.5) is 5.69 Å². The van der Waals surface area contributed by atoms with E-state index in [0.29, 0.717) is 30.4 Å². The maximum absolute atomic E-state index is 13.2. The van der Waals surface area contributed by atoms with Gasteiger partial charge in [-0.25, -0.2) is 8.42 Å². The van der Waals surface area contributed by atoms with E-state index in [1.54, 1.807) is 12.1 Å². The van der Waals surface area contributed by atoms with Crippen molar-refractivity contribution in [2.24, 2.45) is 0 Å². The van der Waals surface area contributed by atoms with Gasteiger partial charge in [-0.05, 0) is 54.8 Å². The fraction of sp³-hybridized carbons (Fsp3) is 0.208. The van der Waals surface area contributed by atoms with Crippen LogP contribution in [0.1, 0.15) is 11.1 Å². The summed E-state index contributed by atoms with van der Waals surface area (Å²) in [5.74, 6) is 0.393. The van der Waals surface area contributed by atoms with Crippen molar-refractivity contribution in [2.75, 3.05) is 18.5 Å². The van der Waals surface area contributed by atoms with E-state index in [0.717, 1.165) is 15.6 Å². The molecule has 0 saturated carbocycles. The van der Waals surface area contributed by atoms with Crippen LogP contribution in [-0.4, -0.2) is 33.6 Å². The van der Waals surface area contributed by atoms with Crippen LogP contribution in [-0.2, 0) is 21.2 Å². The lowest BCUT2D eigenvalue weighted by atomic mass is 10.1. The molecule has 1 atom stereocenters. The molecule has 0 radical (unpaired) electrons. The third-order valence-electron chi connectivity index (χ3n) is 5.15. The second-order valence-electron chi connectivity index (χ2n) is 7.62. The lowest BCUT2D eigenvalue weighted by Crippen LogP contribution is -2.45. The average Bonchev–Trinajstić information content (AvgIpc) is 2.81. The Kier molecular flexibility index (Phi) is 7.02. The van der Waals surface area contributed by atoms with E-state index in [1.807, 2.05) is 49.4 Å². The number of carbonyl (C=O) groups excluding carboxylic acids is 1. The number of amides is 1. The van der Waals surface area contributed by atoms with Gasteiger partial charge in [0, 0.05) is 16.2 Å². The fourth-order valence-electron chi connectivity index (χ4n) is 3.44. The van der Waals surface area contributed by atoms with Crippen molar-refractivity contribution < 1.29 is 22.7 Å². The summed E-state index contributed by atoms with van der Waals surface area (Å²) in [6, 6.07) is 18.0. The van der Waals surface area contributed by atoms with Crippen LogP contribution in [0.25, 0.3) is 0 Å². The van der Waals surface area contributed by atoms with E-state index >= 15 is 0 Å². The van der Waals surface area contributed by atoms with Gasteiger partial charge >= 0.3 is 0 Å². The molecule has 0 aromatic heterocycles. The molecule has 33 heavy (non-hydrogen) atoms. The molecule has 4 rings (SSSR count). The number of halogens is 1. The molecule has 7 nitrogen and oxygen atoms in total. The summed E-state index contributed by atoms with van der Waals surface area (Å²) in [7, 11) is -4.02. The van der Waals surface area contributed by atoms with Crippen LogP contribution in [0.2, 0.25) is 0 Å². The maximum Gasteiger partial charge on any atom is 0.242 e. The van der Waals surface area contributed by atoms with Gasteiger partial charge in [0.1, 0.15) is 19.3 Å². The molecular weight excluding hydrogens is 508 g/mol. The lowest BCUT2D eigenvalue weighted by Gasteiger charge is -2.21. The Hall–Kier alpha value is -2.88. The molecule has 1 heterocycles. The monoisotopic (exact) mass is 530 g/mol. The van der Waals surface area contributed by atoms with E-state index in [2.05, 4.69) is 26.0 Å². The molecule has 9 heteroatoms. The minimum absolute atomic E-state index is 0.00269. The molecule has 3 aromatic rings. The quantitative estimate of drug-likeness (QED) is 0.480. The Balaban J connectivity index is 1.59. The Morgan fingerprint density at radius 3 is 2.45 bits per heavy atom. The number of hydrogen-bond donors (Lipinski definition) is 2. The fourth-order valence-corrected chi connectivity index (χ4v) is 4.89. The first-order valence-electron chi connectivity index (χ1n) is 10.3. The largest absolute Gasteiger partial charge is 0.486 e. The van der Waals surface area contributed by atoms with Crippen molar-refractivity contribution >= 4 is 37.5 Å². The molecule has 1 aliphatic rings. The third-order valence-corrected chi connectivity index (χ3v) is 7.51. The molecule has 0 unspecified atom stereocenters. The van der Waals surface area contributed by atoms with Gasteiger partial charge in [-0.1, -0.05) is 46.3 Å². The molecule has 1 aliphatic heterocycles. The number of anilines is 1. The number of ether oxygens (including phenoxy) is 2. The van der Waals surface area contributed by atoms with Crippen molar-refractivity contribution in [1.82, 2.24) is 4.72 Å². The van der Waals surface area contributed by atoms with Crippen molar-refractivity contribution in [1.29, 1.82) is 0 Å². The summed E-state index contributed by atoms with van der Waals surface area (Å²) in [6.45, 7) is 2.66. The van der Waals surface area contributed by atoms with E-state index in [1.165, 1.54) is 12.1 Å². The van der Waals surface area contributed by atoms with Crippen molar-refractivity contribution in [3.05, 3.63) is 82.3 Å². The smallest absolute Gasteiger partial charge is 0.242 e. The number of nitrogens with one attached hydrogen (secondary N) is 2. The summed E-state index contributed by atoms with van der Waals surface area (Å²) in [4.78, 5) is 13.2. The summed E-state index contributed by atoms with van der Waals surface area (Å²) >= 11 is 3.44. The third kappa shape index (κ3) is 5.73. The van der Waals surface area contributed by atoms with Gasteiger partial charge in [-0.2, -0.15) is 4.72 Å². The minimum Gasteiger partial charge on any atom is -0.486 e. The zero-order valence-corrected chi connectivity index (χ0v) is 20.3. The first kappa shape index (κ1) is 23.3. The van der Waals surface area contributed by atoms with Gasteiger partial charge < -0.3 is 14.8 Å². The van der Waals surface area contributed by atoms with Gasteiger partial charge in [0.15, 0.2) is 11.5 Å². The summed E-state index contributed by atoms with van der Waals surface area (Å²) in [6.07, 6.45) is 0.186. The Morgan fingerprint density at radius 2 is 1.73 bits per heavy atom. The van der Waals surface area contributed by atoms with E-state index in [-0.39, 0.29) is 11.3 Å². The maximum atomic E-state index is 13.2. The van der Waals surface area contributed by atoms with Crippen molar-refractivity contribution in [3.8, 4) is 11.5 Å². The average molecular weight is 531 g/mol. The normalized spacial score (nSPS) is 13.9. The lowest BCUT2D eigenvalue weighted by molar-refractivity contribution is -0.117. The number of rotatable bonds is 7. The SMILES string of the molecule is Cc1cc(NC(=O)[C@@H](Cc2ccccc2)NS(=O)(=O)c2ccc3c(c2)OCCO3)ccc1Br. The first-order valence-corrected chi connectivity index (χ1v) is 12.6. The number of benzene rings is 3. The van der Waals surface area contributed by atoms with Crippen molar-refractivity contribution in [2.45, 2.75) is 24.3 Å². The van der Waals surface area contributed by atoms with Gasteiger partial charge in [0.2, 0.25) is 15.9 Å². The van der Waals surface area contributed by atoms with E-state index in [4.69, 9.17) is 9.47 Å². The molecule has 0 spiro atoms. The predicted molar refractivity (Wildman–Crippen MR) is 129 cm³/mol. The molecule has 2 N–H and O–H groups in total. The van der Waals surface area contributed by atoms with E-state index in [9.17, 15) is 13.2 Å². The van der Waals surface area contributed by atoms with Crippen LogP contribution >= 0.6 is 15.9 Å². The number of sulfonamides is 1. The molecule has 172 valence electrons. The second-order valence-corrected chi connectivity index (χ2v) is 10.2. The first-order chi connectivity index (χ1) is 15.8. The highest BCUT2D eigenvalue weighted by atomic mass is 79.9. The zero-order chi connectivity index (χ0) is 23.4. The summed E-state index contributed by atoms with van der Waals surface area (Å²) in [5, 5.41) is 2.82. The summed E-state index contributed by atoms with van der Waals surface area (Å²) in [5.41, 5.74) is 2.36. The van der Waals surface area contributed by atoms with Crippen LogP contribution in [0.5, 0.6) is 11.5 Å². The van der Waals surface area contributed by atoms with Gasteiger partial charge in [0.05, 0.1) is 4.90 Å². The number of aryl methyl sites for hydroxylation is 1. The highest BCUT2D eigenvalue weighted by Gasteiger charge is 2.27. The van der Waals surface area contributed by atoms with Crippen LogP contribution in [0.3, 0.4) is 0 Å². The predicted octanol–water partition coefficient (Wildman–Crippen LogP) is 4.06. The number of carbonyl (C=O) groups is 1. The topological polar surface area (TPSA) is 93.7 Å². The zero-order valence-electron chi connectivity index (χ0n) is 17.9. The van der Waals surface area contributed by atoms with Crippen LogP contribution < -0.4 is 19.5 Å². The Morgan fingerprint density at radius 1 is 1.00 bits per heavy atom. The number of fused-ring (bicyclic) bond motifs is 1. The Bertz CT molecular complexity index is 1270. The number of hydrogen-bond acceptors (Lipinski definition) is 5. The van der Waals surface area contributed by atoms with Gasteiger partial charge in [-0.3, -0.25) is 4.79 Å². The standard InChI is InChI=1S/C24H23BrN2O5S/c1-16-13-18(7-9-20(16)25)26-24(28)21(14-17-5-3-2-4-6-17)27-33(29,30)19-8-10-22-23(15-19)32-12-11-31-22/h2-10,13,15,21,27H,11-12,14H2,1H3,(H,26,28)/t21-/m1/s1. The molecular formula is C24H23BrN2O5S. The van der Waals surface area contributed by atoms with Crippen LogP contribution in [0, 0.1) is 6.92 Å². The van der Waals surface area contributed by atoms with Crippen molar-refractivity contribution in [3.63, 3.8) is 0 Å². The highest BCUT2D eigenvalue weighted by molar-refractivity contribution is 9.10. The molecule has 0 saturated heterocycles. The summed E-state index contributed by atoms with van der Waals surface area (Å²) < 4.78 is 40.8. The van der Waals surface area contributed by atoms with E-state index < -0.39 is 22.0 Å². The minimum atomic E-state index is -4.02. The van der Waals surface area contributed by atoms with Crippen LogP contribution in [0.15, 0.2) is 76.1 Å². The second kappa shape index (κ2) is 9.94. The molecule has 1 amide bonds. The highest BCUT2D eigenvalue weighted by Crippen LogP contribution is 2.32. The molecule has 3 aromatic carbocycles. The molecule has 0 bridgehead atoms. The molecule has 0 fully saturated rings. The van der Waals surface area contributed by atoms with Gasteiger partial charge in [-0.15, -0.1) is 0 Å². The molecule has 0 aliphatic carbocycles.